The summed E-state index contributed by atoms with van der Waals surface area (Å²) in [5, 5.41) is 17.4. The van der Waals surface area contributed by atoms with Gasteiger partial charge in [0.1, 0.15) is 11.5 Å². The minimum Gasteiger partial charge on any atom is -0.478 e. The standard InChI is InChI=1S/C17H13NO3/c1-12-10-16(8-4-14(12)5-9-17(19)20)21-15-6-2-13(11-18)3-7-15/h2-10H,1H3,(H,19,20). The van der Waals surface area contributed by atoms with Gasteiger partial charge in [-0.05, 0) is 60.5 Å². The molecule has 2 aromatic rings. The topological polar surface area (TPSA) is 70.3 Å². The van der Waals surface area contributed by atoms with Crippen molar-refractivity contribution in [2.24, 2.45) is 0 Å². The van der Waals surface area contributed by atoms with E-state index in [9.17, 15) is 4.79 Å². The molecule has 0 aliphatic carbocycles. The van der Waals surface area contributed by atoms with Gasteiger partial charge in [-0.25, -0.2) is 4.79 Å². The van der Waals surface area contributed by atoms with Gasteiger partial charge in [0, 0.05) is 6.08 Å². The predicted molar refractivity (Wildman–Crippen MR) is 79.1 cm³/mol. The van der Waals surface area contributed by atoms with Crippen molar-refractivity contribution in [3.8, 4) is 17.6 Å². The molecule has 0 fully saturated rings. The molecule has 0 saturated heterocycles. The fourth-order valence-electron chi connectivity index (χ4n) is 1.79. The highest BCUT2D eigenvalue weighted by molar-refractivity contribution is 5.85. The van der Waals surface area contributed by atoms with Crippen LogP contribution in [0.5, 0.6) is 11.5 Å². The lowest BCUT2D eigenvalue weighted by atomic mass is 10.1. The normalized spacial score (nSPS) is 10.3. The average Bonchev–Trinajstić information content (AvgIpc) is 2.47. The van der Waals surface area contributed by atoms with E-state index in [2.05, 4.69) is 0 Å². The van der Waals surface area contributed by atoms with Crippen LogP contribution in [0.3, 0.4) is 0 Å². The van der Waals surface area contributed by atoms with Crippen LogP contribution in [0, 0.1) is 18.3 Å². The van der Waals surface area contributed by atoms with E-state index in [1.54, 1.807) is 42.5 Å². The first-order valence-corrected chi connectivity index (χ1v) is 6.28. The monoisotopic (exact) mass is 279 g/mol. The molecule has 0 amide bonds. The van der Waals surface area contributed by atoms with Crippen molar-refractivity contribution >= 4 is 12.0 Å². The molecule has 2 aromatic carbocycles. The third-order valence-corrected chi connectivity index (χ3v) is 2.87. The maximum absolute atomic E-state index is 10.5. The van der Waals surface area contributed by atoms with E-state index in [0.717, 1.165) is 17.2 Å². The molecule has 0 unspecified atom stereocenters. The molecule has 4 nitrogen and oxygen atoms in total. The molecule has 0 radical (unpaired) electrons. The molecule has 0 aliphatic rings. The largest absolute Gasteiger partial charge is 0.478 e. The summed E-state index contributed by atoms with van der Waals surface area (Å²) in [4.78, 5) is 10.5. The summed E-state index contributed by atoms with van der Waals surface area (Å²) in [5.74, 6) is 0.319. The number of carbonyl (C=O) groups is 1. The number of ether oxygens (including phenoxy) is 1. The minimum atomic E-state index is -0.979. The molecular weight excluding hydrogens is 266 g/mol. The Kier molecular flexibility index (Phi) is 4.37. The molecule has 0 heterocycles. The van der Waals surface area contributed by atoms with Gasteiger partial charge in [0.2, 0.25) is 0 Å². The van der Waals surface area contributed by atoms with E-state index in [0.29, 0.717) is 17.1 Å². The third kappa shape index (κ3) is 3.95. The van der Waals surface area contributed by atoms with Gasteiger partial charge < -0.3 is 9.84 Å². The van der Waals surface area contributed by atoms with Gasteiger partial charge in [0.25, 0.3) is 0 Å². The van der Waals surface area contributed by atoms with Crippen molar-refractivity contribution in [2.75, 3.05) is 0 Å². The SMILES string of the molecule is Cc1cc(Oc2ccc(C#N)cc2)ccc1C=CC(=O)O. The second-order valence-corrected chi connectivity index (χ2v) is 4.43. The van der Waals surface area contributed by atoms with Crippen molar-refractivity contribution in [1.29, 1.82) is 5.26 Å². The van der Waals surface area contributed by atoms with Crippen LogP contribution < -0.4 is 4.74 Å². The van der Waals surface area contributed by atoms with Crippen LogP contribution in [0.25, 0.3) is 6.08 Å². The van der Waals surface area contributed by atoms with Crippen LogP contribution in [0.1, 0.15) is 16.7 Å². The van der Waals surface area contributed by atoms with Crippen LogP contribution in [0.4, 0.5) is 0 Å². The zero-order valence-electron chi connectivity index (χ0n) is 11.4. The van der Waals surface area contributed by atoms with Gasteiger partial charge in [-0.2, -0.15) is 5.26 Å². The number of nitriles is 1. The molecule has 104 valence electrons. The summed E-state index contributed by atoms with van der Waals surface area (Å²) in [6.07, 6.45) is 2.65. The Balaban J connectivity index is 2.16. The van der Waals surface area contributed by atoms with Crippen LogP contribution in [-0.4, -0.2) is 11.1 Å². The average molecular weight is 279 g/mol. The fraction of sp³-hybridized carbons (Fsp3) is 0.0588. The summed E-state index contributed by atoms with van der Waals surface area (Å²) in [6, 6.07) is 14.3. The Labute approximate surface area is 122 Å². The number of hydrogen-bond acceptors (Lipinski definition) is 3. The Bertz CT molecular complexity index is 725. The number of carboxylic acids is 1. The summed E-state index contributed by atoms with van der Waals surface area (Å²) < 4.78 is 5.69. The van der Waals surface area contributed by atoms with Crippen molar-refractivity contribution < 1.29 is 14.6 Å². The summed E-state index contributed by atoms with van der Waals surface area (Å²) in [5.41, 5.74) is 2.32. The number of rotatable bonds is 4. The van der Waals surface area contributed by atoms with Crippen LogP contribution in [0.15, 0.2) is 48.5 Å². The highest BCUT2D eigenvalue weighted by atomic mass is 16.5. The van der Waals surface area contributed by atoms with Crippen LogP contribution in [0.2, 0.25) is 0 Å². The lowest BCUT2D eigenvalue weighted by molar-refractivity contribution is -0.131. The third-order valence-electron chi connectivity index (χ3n) is 2.87. The number of hydrogen-bond donors (Lipinski definition) is 1. The molecular formula is C17H13NO3. The van der Waals surface area contributed by atoms with E-state index in [1.165, 1.54) is 0 Å². The quantitative estimate of drug-likeness (QED) is 0.865. The van der Waals surface area contributed by atoms with Gasteiger partial charge in [-0.1, -0.05) is 6.07 Å². The molecule has 2 rings (SSSR count). The number of aryl methyl sites for hydroxylation is 1. The van der Waals surface area contributed by atoms with Crippen LogP contribution >= 0.6 is 0 Å². The number of aliphatic carboxylic acids is 1. The molecule has 4 heteroatoms. The molecule has 0 spiro atoms. The lowest BCUT2D eigenvalue weighted by Gasteiger charge is -2.08. The van der Waals surface area contributed by atoms with Gasteiger partial charge in [0.05, 0.1) is 11.6 Å². The zero-order chi connectivity index (χ0) is 15.2. The second-order valence-electron chi connectivity index (χ2n) is 4.43. The van der Waals surface area contributed by atoms with Gasteiger partial charge in [0.15, 0.2) is 0 Å². The van der Waals surface area contributed by atoms with Gasteiger partial charge in [-0.15, -0.1) is 0 Å². The lowest BCUT2D eigenvalue weighted by Crippen LogP contribution is -1.89. The Morgan fingerprint density at radius 3 is 2.43 bits per heavy atom. The van der Waals surface area contributed by atoms with E-state index in [1.807, 2.05) is 19.1 Å². The molecule has 21 heavy (non-hydrogen) atoms. The summed E-state index contributed by atoms with van der Waals surface area (Å²) in [7, 11) is 0. The first-order valence-electron chi connectivity index (χ1n) is 6.28. The Hall–Kier alpha value is -3.06. The maximum atomic E-state index is 10.5. The minimum absolute atomic E-state index is 0.577. The highest BCUT2D eigenvalue weighted by Gasteiger charge is 2.01. The molecule has 1 N–H and O–H groups in total. The van der Waals surface area contributed by atoms with Crippen molar-refractivity contribution in [3.63, 3.8) is 0 Å². The van der Waals surface area contributed by atoms with E-state index < -0.39 is 5.97 Å². The van der Waals surface area contributed by atoms with Crippen molar-refractivity contribution in [3.05, 3.63) is 65.2 Å². The van der Waals surface area contributed by atoms with E-state index in [4.69, 9.17) is 15.1 Å². The van der Waals surface area contributed by atoms with Crippen molar-refractivity contribution in [2.45, 2.75) is 6.92 Å². The fourth-order valence-corrected chi connectivity index (χ4v) is 1.79. The van der Waals surface area contributed by atoms with Crippen LogP contribution in [-0.2, 0) is 4.79 Å². The smallest absolute Gasteiger partial charge is 0.328 e. The predicted octanol–water partition coefficient (Wildman–Crippen LogP) is 3.76. The molecule has 0 aliphatic heterocycles. The second kappa shape index (κ2) is 6.40. The number of benzene rings is 2. The molecule has 0 atom stereocenters. The molecule has 0 saturated carbocycles. The van der Waals surface area contributed by atoms with Gasteiger partial charge >= 0.3 is 5.97 Å². The number of nitrogens with zero attached hydrogens (tertiary/aromatic N) is 1. The Morgan fingerprint density at radius 1 is 1.19 bits per heavy atom. The first kappa shape index (κ1) is 14.4. The Morgan fingerprint density at radius 2 is 1.86 bits per heavy atom. The van der Waals surface area contributed by atoms with E-state index >= 15 is 0 Å². The van der Waals surface area contributed by atoms with E-state index in [-0.39, 0.29) is 0 Å². The first-order chi connectivity index (χ1) is 10.1. The molecule has 0 bridgehead atoms. The van der Waals surface area contributed by atoms with Crippen molar-refractivity contribution in [1.82, 2.24) is 0 Å². The number of carboxylic acid groups (broad SMARTS) is 1. The highest BCUT2D eigenvalue weighted by Crippen LogP contribution is 2.24. The zero-order valence-corrected chi connectivity index (χ0v) is 11.4. The summed E-state index contributed by atoms with van der Waals surface area (Å²) >= 11 is 0. The maximum Gasteiger partial charge on any atom is 0.328 e. The van der Waals surface area contributed by atoms with Gasteiger partial charge in [-0.3, -0.25) is 0 Å². The molecule has 0 aromatic heterocycles. The summed E-state index contributed by atoms with van der Waals surface area (Å²) in [6.45, 7) is 1.88.